The molecule has 3 aromatic rings. The van der Waals surface area contributed by atoms with Crippen LogP contribution in [0.3, 0.4) is 0 Å². The van der Waals surface area contributed by atoms with Gasteiger partial charge in [0.2, 0.25) is 0 Å². The van der Waals surface area contributed by atoms with Crippen LogP contribution in [0.1, 0.15) is 11.1 Å². The summed E-state index contributed by atoms with van der Waals surface area (Å²) in [5.41, 5.74) is 4.48. The lowest BCUT2D eigenvalue weighted by molar-refractivity contribution is 0.414. The molecular weight excluding hydrogens is 268 g/mol. The van der Waals surface area contributed by atoms with E-state index in [1.54, 1.807) is 18.4 Å². The highest BCUT2D eigenvalue weighted by atomic mass is 32.1. The van der Waals surface area contributed by atoms with Gasteiger partial charge < -0.3 is 10.1 Å². The van der Waals surface area contributed by atoms with Gasteiger partial charge in [0.1, 0.15) is 5.75 Å². The predicted molar refractivity (Wildman–Crippen MR) is 85.4 cm³/mol. The number of anilines is 2. The van der Waals surface area contributed by atoms with E-state index in [1.807, 2.05) is 18.2 Å². The minimum Gasteiger partial charge on any atom is -0.497 e. The molecule has 2 aromatic carbocycles. The van der Waals surface area contributed by atoms with Crippen LogP contribution in [0.4, 0.5) is 10.8 Å². The van der Waals surface area contributed by atoms with Crippen molar-refractivity contribution in [1.29, 1.82) is 0 Å². The van der Waals surface area contributed by atoms with Crippen molar-refractivity contribution >= 4 is 32.4 Å². The van der Waals surface area contributed by atoms with E-state index >= 15 is 0 Å². The van der Waals surface area contributed by atoms with Crippen molar-refractivity contribution in [3.05, 3.63) is 47.5 Å². The second-order valence-electron chi connectivity index (χ2n) is 4.75. The zero-order valence-corrected chi connectivity index (χ0v) is 12.5. The number of aromatic nitrogens is 1. The molecule has 4 heteroatoms. The first kappa shape index (κ1) is 12.9. The van der Waals surface area contributed by atoms with Crippen LogP contribution >= 0.6 is 11.3 Å². The fourth-order valence-electron chi connectivity index (χ4n) is 2.16. The summed E-state index contributed by atoms with van der Waals surface area (Å²) in [5, 5.41) is 4.31. The van der Waals surface area contributed by atoms with Crippen LogP contribution in [0, 0.1) is 13.8 Å². The minimum absolute atomic E-state index is 0.869. The first-order chi connectivity index (χ1) is 9.67. The Labute approximate surface area is 122 Å². The Morgan fingerprint density at radius 1 is 1.10 bits per heavy atom. The Hall–Kier alpha value is -2.07. The molecule has 0 saturated heterocycles. The zero-order valence-electron chi connectivity index (χ0n) is 11.7. The maximum atomic E-state index is 5.22. The standard InChI is InChI=1S/C16H16N2OS/c1-10-5-4-6-14-15(10)18-16(20-14)17-13-8-7-12(19-3)9-11(13)2/h4-9H,1-3H3,(H,17,18). The molecule has 1 N–H and O–H groups in total. The van der Waals surface area contributed by atoms with Crippen molar-refractivity contribution in [3.8, 4) is 5.75 Å². The van der Waals surface area contributed by atoms with Gasteiger partial charge in [0.05, 0.1) is 17.3 Å². The highest BCUT2D eigenvalue weighted by molar-refractivity contribution is 7.22. The van der Waals surface area contributed by atoms with Gasteiger partial charge in [-0.25, -0.2) is 4.98 Å². The fourth-order valence-corrected chi connectivity index (χ4v) is 3.11. The average molecular weight is 284 g/mol. The first-order valence-corrected chi connectivity index (χ1v) is 7.27. The lowest BCUT2D eigenvalue weighted by Gasteiger charge is -2.08. The smallest absolute Gasteiger partial charge is 0.188 e. The van der Waals surface area contributed by atoms with Gasteiger partial charge in [-0.1, -0.05) is 23.5 Å². The van der Waals surface area contributed by atoms with E-state index in [0.717, 1.165) is 27.6 Å². The maximum absolute atomic E-state index is 5.22. The van der Waals surface area contributed by atoms with Crippen LogP contribution in [0.25, 0.3) is 10.2 Å². The highest BCUT2D eigenvalue weighted by Gasteiger charge is 2.07. The van der Waals surface area contributed by atoms with Crippen LogP contribution in [0.2, 0.25) is 0 Å². The number of nitrogens with one attached hydrogen (secondary N) is 1. The molecule has 0 aliphatic rings. The van der Waals surface area contributed by atoms with Gasteiger partial charge in [-0.2, -0.15) is 0 Å². The second kappa shape index (κ2) is 5.13. The summed E-state index contributed by atoms with van der Waals surface area (Å²) < 4.78 is 6.43. The van der Waals surface area contributed by atoms with Crippen LogP contribution in [-0.4, -0.2) is 12.1 Å². The van der Waals surface area contributed by atoms with Crippen molar-refractivity contribution < 1.29 is 4.74 Å². The average Bonchev–Trinajstić information content (AvgIpc) is 2.85. The number of hydrogen-bond donors (Lipinski definition) is 1. The molecule has 0 fully saturated rings. The SMILES string of the molecule is COc1ccc(Nc2nc3c(C)cccc3s2)c(C)c1. The third-order valence-electron chi connectivity index (χ3n) is 3.30. The molecule has 0 saturated carbocycles. The summed E-state index contributed by atoms with van der Waals surface area (Å²) in [6, 6.07) is 12.2. The quantitative estimate of drug-likeness (QED) is 0.759. The Morgan fingerprint density at radius 3 is 2.65 bits per heavy atom. The second-order valence-corrected chi connectivity index (χ2v) is 5.78. The molecule has 0 amide bonds. The van der Waals surface area contributed by atoms with Crippen molar-refractivity contribution in [2.24, 2.45) is 0 Å². The highest BCUT2D eigenvalue weighted by Crippen LogP contribution is 2.31. The maximum Gasteiger partial charge on any atom is 0.188 e. The summed E-state index contributed by atoms with van der Waals surface area (Å²) in [6.07, 6.45) is 0. The lowest BCUT2D eigenvalue weighted by Crippen LogP contribution is -1.93. The number of methoxy groups -OCH3 is 1. The Bertz CT molecular complexity index is 764. The van der Waals surface area contributed by atoms with Crippen molar-refractivity contribution in [2.45, 2.75) is 13.8 Å². The number of para-hydroxylation sites is 1. The van der Waals surface area contributed by atoms with Crippen LogP contribution < -0.4 is 10.1 Å². The van der Waals surface area contributed by atoms with E-state index in [9.17, 15) is 0 Å². The molecule has 1 aromatic heterocycles. The van der Waals surface area contributed by atoms with Gasteiger partial charge in [0, 0.05) is 5.69 Å². The van der Waals surface area contributed by atoms with E-state index < -0.39 is 0 Å². The van der Waals surface area contributed by atoms with Gasteiger partial charge in [-0.3, -0.25) is 0 Å². The normalized spacial score (nSPS) is 10.8. The fraction of sp³-hybridized carbons (Fsp3) is 0.188. The van der Waals surface area contributed by atoms with Gasteiger partial charge in [-0.15, -0.1) is 0 Å². The summed E-state index contributed by atoms with van der Waals surface area (Å²) in [5.74, 6) is 0.869. The zero-order chi connectivity index (χ0) is 14.1. The molecule has 0 bridgehead atoms. The number of thiazole rings is 1. The monoisotopic (exact) mass is 284 g/mol. The van der Waals surface area contributed by atoms with E-state index in [-0.39, 0.29) is 0 Å². The summed E-state index contributed by atoms with van der Waals surface area (Å²) in [6.45, 7) is 4.15. The molecular formula is C16H16N2OS. The Balaban J connectivity index is 1.95. The summed E-state index contributed by atoms with van der Waals surface area (Å²) in [4.78, 5) is 4.67. The molecule has 0 spiro atoms. The molecule has 102 valence electrons. The van der Waals surface area contributed by atoms with Gasteiger partial charge >= 0.3 is 0 Å². The Kier molecular flexibility index (Phi) is 3.32. The van der Waals surface area contributed by atoms with E-state index in [4.69, 9.17) is 4.74 Å². The van der Waals surface area contributed by atoms with Crippen molar-refractivity contribution in [2.75, 3.05) is 12.4 Å². The lowest BCUT2D eigenvalue weighted by atomic mass is 10.2. The molecule has 3 rings (SSSR count). The first-order valence-electron chi connectivity index (χ1n) is 6.45. The molecule has 20 heavy (non-hydrogen) atoms. The number of aryl methyl sites for hydroxylation is 2. The number of ether oxygens (including phenoxy) is 1. The van der Waals surface area contributed by atoms with E-state index in [1.165, 1.54) is 10.3 Å². The molecule has 0 aliphatic carbocycles. The van der Waals surface area contributed by atoms with Crippen LogP contribution in [-0.2, 0) is 0 Å². The summed E-state index contributed by atoms with van der Waals surface area (Å²) in [7, 11) is 1.68. The minimum atomic E-state index is 0.869. The van der Waals surface area contributed by atoms with E-state index in [0.29, 0.717) is 0 Å². The number of fused-ring (bicyclic) bond motifs is 1. The van der Waals surface area contributed by atoms with E-state index in [2.05, 4.69) is 42.3 Å². The van der Waals surface area contributed by atoms with Crippen molar-refractivity contribution in [1.82, 2.24) is 4.98 Å². The largest absolute Gasteiger partial charge is 0.497 e. The molecule has 1 heterocycles. The van der Waals surface area contributed by atoms with Crippen molar-refractivity contribution in [3.63, 3.8) is 0 Å². The molecule has 0 radical (unpaired) electrons. The molecule has 0 aliphatic heterocycles. The van der Waals surface area contributed by atoms with Gasteiger partial charge in [0.15, 0.2) is 5.13 Å². The number of hydrogen-bond acceptors (Lipinski definition) is 4. The molecule has 3 nitrogen and oxygen atoms in total. The number of rotatable bonds is 3. The van der Waals surface area contributed by atoms with Gasteiger partial charge in [-0.05, 0) is 49.2 Å². The number of benzene rings is 2. The third kappa shape index (κ3) is 2.34. The number of nitrogens with zero attached hydrogens (tertiary/aromatic N) is 1. The van der Waals surface area contributed by atoms with Gasteiger partial charge in [0.25, 0.3) is 0 Å². The third-order valence-corrected chi connectivity index (χ3v) is 4.23. The van der Waals surface area contributed by atoms with Crippen LogP contribution in [0.15, 0.2) is 36.4 Å². The molecule has 0 unspecified atom stereocenters. The predicted octanol–water partition coefficient (Wildman–Crippen LogP) is 4.67. The Morgan fingerprint density at radius 2 is 1.95 bits per heavy atom. The summed E-state index contributed by atoms with van der Waals surface area (Å²) >= 11 is 1.67. The topological polar surface area (TPSA) is 34.1 Å². The molecule has 0 atom stereocenters. The van der Waals surface area contributed by atoms with Crippen LogP contribution in [0.5, 0.6) is 5.75 Å².